The smallest absolute Gasteiger partial charge is 0.244 e. The van der Waals surface area contributed by atoms with Crippen LogP contribution in [-0.2, 0) is 32.6 Å². The number of nitrogens with one attached hydrogen (secondary N) is 1. The fourth-order valence-electron chi connectivity index (χ4n) is 5.32. The summed E-state index contributed by atoms with van der Waals surface area (Å²) < 4.78 is 32.5. The first kappa shape index (κ1) is 30.1. The molecule has 1 aliphatic rings. The van der Waals surface area contributed by atoms with Crippen molar-refractivity contribution < 1.29 is 22.7 Å². The van der Waals surface area contributed by atoms with Gasteiger partial charge in [-0.25, -0.2) is 8.42 Å². The molecule has 0 unspecified atom stereocenters. The zero-order chi connectivity index (χ0) is 29.4. The Kier molecular flexibility index (Phi) is 10.0. The first-order valence-corrected chi connectivity index (χ1v) is 15.8. The van der Waals surface area contributed by atoms with Crippen LogP contribution >= 0.6 is 0 Å². The number of nitrogens with zero attached hydrogens (tertiary/aromatic N) is 2. The molecular formula is C32H39N3O5S. The van der Waals surface area contributed by atoms with E-state index in [1.807, 2.05) is 61.5 Å². The number of benzene rings is 3. The lowest BCUT2D eigenvalue weighted by Crippen LogP contribution is -2.54. The van der Waals surface area contributed by atoms with E-state index in [0.717, 1.165) is 52.9 Å². The van der Waals surface area contributed by atoms with Crippen LogP contribution in [0.5, 0.6) is 5.75 Å². The molecule has 0 bridgehead atoms. The number of carbonyl (C=O) groups is 2. The summed E-state index contributed by atoms with van der Waals surface area (Å²) in [6, 6.07) is 23.2. The molecule has 218 valence electrons. The van der Waals surface area contributed by atoms with Crippen molar-refractivity contribution in [1.29, 1.82) is 0 Å². The zero-order valence-corrected chi connectivity index (χ0v) is 24.8. The van der Waals surface area contributed by atoms with Crippen LogP contribution in [0.1, 0.15) is 42.4 Å². The summed E-state index contributed by atoms with van der Waals surface area (Å²) in [5.41, 5.74) is 3.03. The average Bonchev–Trinajstić information content (AvgIpc) is 3.47. The molecule has 1 N–H and O–H groups in total. The molecule has 2 amide bonds. The first-order valence-electron chi connectivity index (χ1n) is 14.0. The monoisotopic (exact) mass is 577 g/mol. The van der Waals surface area contributed by atoms with Crippen LogP contribution in [0.25, 0.3) is 0 Å². The van der Waals surface area contributed by atoms with Gasteiger partial charge in [0.25, 0.3) is 0 Å². The third kappa shape index (κ3) is 7.88. The molecule has 0 aromatic heterocycles. The molecule has 3 aromatic carbocycles. The van der Waals surface area contributed by atoms with Crippen LogP contribution < -0.4 is 14.4 Å². The van der Waals surface area contributed by atoms with E-state index in [1.165, 1.54) is 12.0 Å². The largest absolute Gasteiger partial charge is 0.495 e. The van der Waals surface area contributed by atoms with E-state index in [2.05, 4.69) is 5.32 Å². The highest BCUT2D eigenvalue weighted by molar-refractivity contribution is 7.92. The molecule has 0 spiro atoms. The van der Waals surface area contributed by atoms with Crippen molar-refractivity contribution in [2.75, 3.05) is 24.2 Å². The summed E-state index contributed by atoms with van der Waals surface area (Å²) in [6.45, 7) is 1.64. The number of rotatable bonds is 12. The lowest BCUT2D eigenvalue weighted by molar-refractivity contribution is -0.140. The number of anilines is 1. The Bertz CT molecular complexity index is 1440. The van der Waals surface area contributed by atoms with Gasteiger partial charge in [0.05, 0.1) is 19.1 Å². The van der Waals surface area contributed by atoms with Gasteiger partial charge >= 0.3 is 0 Å². The summed E-state index contributed by atoms with van der Waals surface area (Å²) in [7, 11) is -2.43. The van der Waals surface area contributed by atoms with Crippen LogP contribution in [-0.4, -0.2) is 57.1 Å². The fourth-order valence-corrected chi connectivity index (χ4v) is 6.18. The molecule has 0 aliphatic heterocycles. The van der Waals surface area contributed by atoms with E-state index >= 15 is 0 Å². The van der Waals surface area contributed by atoms with E-state index in [1.54, 1.807) is 24.3 Å². The van der Waals surface area contributed by atoms with E-state index in [-0.39, 0.29) is 24.2 Å². The highest BCUT2D eigenvalue weighted by Crippen LogP contribution is 2.30. The summed E-state index contributed by atoms with van der Waals surface area (Å²) in [6.07, 6.45) is 5.29. The van der Waals surface area contributed by atoms with Gasteiger partial charge < -0.3 is 15.0 Å². The quantitative estimate of drug-likeness (QED) is 0.343. The molecule has 1 saturated carbocycles. The predicted molar refractivity (Wildman–Crippen MR) is 161 cm³/mol. The van der Waals surface area contributed by atoms with Crippen molar-refractivity contribution in [2.24, 2.45) is 0 Å². The second-order valence-corrected chi connectivity index (χ2v) is 12.5. The van der Waals surface area contributed by atoms with Crippen molar-refractivity contribution in [1.82, 2.24) is 10.2 Å². The number of sulfonamides is 1. The molecule has 9 heteroatoms. The highest BCUT2D eigenvalue weighted by atomic mass is 32.2. The van der Waals surface area contributed by atoms with Gasteiger partial charge in [-0.2, -0.15) is 0 Å². The van der Waals surface area contributed by atoms with Gasteiger partial charge in [-0.15, -0.1) is 0 Å². The minimum atomic E-state index is -3.88. The van der Waals surface area contributed by atoms with Gasteiger partial charge in [0.15, 0.2) is 0 Å². The van der Waals surface area contributed by atoms with Crippen molar-refractivity contribution >= 4 is 27.5 Å². The van der Waals surface area contributed by atoms with E-state index in [9.17, 15) is 18.0 Å². The second-order valence-electron chi connectivity index (χ2n) is 10.6. The third-order valence-electron chi connectivity index (χ3n) is 7.61. The summed E-state index contributed by atoms with van der Waals surface area (Å²) >= 11 is 0. The Morgan fingerprint density at radius 2 is 1.59 bits per heavy atom. The first-order chi connectivity index (χ1) is 19.7. The Labute approximate surface area is 243 Å². The maximum atomic E-state index is 14.3. The lowest BCUT2D eigenvalue weighted by Gasteiger charge is -2.34. The summed E-state index contributed by atoms with van der Waals surface area (Å²) in [4.78, 5) is 29.7. The molecule has 41 heavy (non-hydrogen) atoms. The predicted octanol–water partition coefficient (Wildman–Crippen LogP) is 4.47. The molecule has 1 atom stereocenters. The van der Waals surface area contributed by atoms with Crippen molar-refractivity contribution in [3.8, 4) is 5.75 Å². The van der Waals surface area contributed by atoms with E-state index in [4.69, 9.17) is 4.74 Å². The maximum absolute atomic E-state index is 14.3. The number of hydrogen-bond donors (Lipinski definition) is 1. The molecular weight excluding hydrogens is 538 g/mol. The molecule has 0 radical (unpaired) electrons. The van der Waals surface area contributed by atoms with Crippen LogP contribution in [0.2, 0.25) is 0 Å². The molecule has 8 nitrogen and oxygen atoms in total. The van der Waals surface area contributed by atoms with Crippen LogP contribution in [0.3, 0.4) is 0 Å². The number of carbonyl (C=O) groups excluding carboxylic acids is 2. The standard InChI is InChI=1S/C32H39N3O5S/c1-24-13-7-8-16-26(24)22-34(31(36)23-35(41(3,38)39)28-19-11-12-20-30(28)40-2)29(21-25-14-5-4-6-15-25)32(37)33-27-17-9-10-18-27/h4-8,11-16,19-20,27,29H,9-10,17-18,21-23H2,1-3H3,(H,33,37)/t29-/m1/s1. The lowest BCUT2D eigenvalue weighted by atomic mass is 10.0. The minimum Gasteiger partial charge on any atom is -0.495 e. The maximum Gasteiger partial charge on any atom is 0.244 e. The van der Waals surface area contributed by atoms with Gasteiger partial charge in [-0.1, -0.05) is 79.6 Å². The Morgan fingerprint density at radius 1 is 0.951 bits per heavy atom. The van der Waals surface area contributed by atoms with Crippen molar-refractivity contribution in [3.05, 3.63) is 95.6 Å². The van der Waals surface area contributed by atoms with Crippen LogP contribution in [0.4, 0.5) is 5.69 Å². The number of ether oxygens (including phenoxy) is 1. The van der Waals surface area contributed by atoms with Crippen molar-refractivity contribution in [2.45, 2.75) is 57.7 Å². The highest BCUT2D eigenvalue weighted by Gasteiger charge is 2.35. The van der Waals surface area contributed by atoms with E-state index < -0.39 is 28.5 Å². The number of aryl methyl sites for hydroxylation is 1. The molecule has 0 heterocycles. The Balaban J connectivity index is 1.75. The zero-order valence-electron chi connectivity index (χ0n) is 24.0. The average molecular weight is 578 g/mol. The normalized spacial score (nSPS) is 14.3. The SMILES string of the molecule is COc1ccccc1N(CC(=O)N(Cc1ccccc1C)[C@H](Cc1ccccc1)C(=O)NC1CCCC1)S(C)(=O)=O. The number of amides is 2. The molecule has 4 rings (SSSR count). The van der Waals surface area contributed by atoms with Gasteiger partial charge in [-0.05, 0) is 48.6 Å². The van der Waals surface area contributed by atoms with Crippen molar-refractivity contribution in [3.63, 3.8) is 0 Å². The van der Waals surface area contributed by atoms with Gasteiger partial charge in [0.2, 0.25) is 21.8 Å². The third-order valence-corrected chi connectivity index (χ3v) is 8.73. The van der Waals surface area contributed by atoms with E-state index in [0.29, 0.717) is 12.2 Å². The van der Waals surface area contributed by atoms with Gasteiger partial charge in [-0.3, -0.25) is 13.9 Å². The Morgan fingerprint density at radius 3 is 2.24 bits per heavy atom. The minimum absolute atomic E-state index is 0.0669. The Hall–Kier alpha value is -3.85. The fraction of sp³-hybridized carbons (Fsp3) is 0.375. The topological polar surface area (TPSA) is 96.0 Å². The summed E-state index contributed by atoms with van der Waals surface area (Å²) in [5, 5.41) is 3.18. The molecule has 0 saturated heterocycles. The molecule has 1 aliphatic carbocycles. The van der Waals surface area contributed by atoms with Crippen LogP contribution in [0.15, 0.2) is 78.9 Å². The van der Waals surface area contributed by atoms with Gasteiger partial charge in [0.1, 0.15) is 18.3 Å². The molecule has 3 aromatic rings. The number of hydrogen-bond acceptors (Lipinski definition) is 5. The second kappa shape index (κ2) is 13.7. The summed E-state index contributed by atoms with van der Waals surface area (Å²) in [5.74, 6) is -0.381. The molecule has 1 fully saturated rings. The number of para-hydroxylation sites is 2. The van der Waals surface area contributed by atoms with Crippen LogP contribution in [0, 0.1) is 6.92 Å². The van der Waals surface area contributed by atoms with Gasteiger partial charge in [0, 0.05) is 19.0 Å². The number of methoxy groups -OCH3 is 1.